The number of hydrogen-bond donors (Lipinski definition) is 2. The molecule has 8 heteroatoms. The summed E-state index contributed by atoms with van der Waals surface area (Å²) in [5, 5.41) is 9.07. The maximum absolute atomic E-state index is 14.2. The Kier molecular flexibility index (Phi) is 3.99. The van der Waals surface area contributed by atoms with Gasteiger partial charge in [0.1, 0.15) is 17.2 Å². The highest BCUT2D eigenvalue weighted by molar-refractivity contribution is 6.36. The number of aromatic carboxylic acids is 1. The fraction of sp³-hybridized carbons (Fsp3) is 0.333. The molecule has 23 heavy (non-hydrogen) atoms. The highest BCUT2D eigenvalue weighted by Crippen LogP contribution is 2.41. The third-order valence-electron chi connectivity index (χ3n) is 3.70. The van der Waals surface area contributed by atoms with Gasteiger partial charge in [-0.15, -0.1) is 0 Å². The maximum atomic E-state index is 14.2. The van der Waals surface area contributed by atoms with E-state index in [1.807, 2.05) is 0 Å². The van der Waals surface area contributed by atoms with Crippen molar-refractivity contribution in [3.8, 4) is 5.75 Å². The number of ether oxygens (including phenoxy) is 1. The number of aromatic nitrogens is 1. The number of rotatable bonds is 5. The number of nitrogens with zero attached hydrogens (tertiary/aromatic N) is 1. The van der Waals surface area contributed by atoms with Gasteiger partial charge in [-0.05, 0) is 18.9 Å². The number of carboxylic acid groups (broad SMARTS) is 1. The van der Waals surface area contributed by atoms with Crippen molar-refractivity contribution in [1.29, 1.82) is 0 Å². The van der Waals surface area contributed by atoms with Crippen LogP contribution >= 0.6 is 11.6 Å². The molecule has 122 valence electrons. The Balaban J connectivity index is 2.35. The molecule has 6 nitrogen and oxygen atoms in total. The Bertz CT molecular complexity index is 861. The normalized spacial score (nSPS) is 14.2. The lowest BCUT2D eigenvalue weighted by molar-refractivity contribution is 0.0695. The monoisotopic (exact) mass is 340 g/mol. The molecule has 0 atom stereocenters. The van der Waals surface area contributed by atoms with Crippen LogP contribution < -0.4 is 15.9 Å². The Labute approximate surface area is 135 Å². The zero-order valence-electron chi connectivity index (χ0n) is 12.0. The molecule has 1 aliphatic rings. The number of pyridine rings is 1. The van der Waals surface area contributed by atoms with E-state index in [0.29, 0.717) is 0 Å². The van der Waals surface area contributed by atoms with E-state index in [0.717, 1.165) is 18.9 Å². The molecule has 1 fully saturated rings. The first-order valence-corrected chi connectivity index (χ1v) is 7.46. The topological polar surface area (TPSA) is 94.6 Å². The average molecular weight is 341 g/mol. The second kappa shape index (κ2) is 5.82. The van der Waals surface area contributed by atoms with Crippen molar-refractivity contribution in [2.75, 3.05) is 13.2 Å². The number of nitrogens with two attached hydrogens (primary N) is 1. The Morgan fingerprint density at radius 3 is 2.78 bits per heavy atom. The van der Waals surface area contributed by atoms with Crippen molar-refractivity contribution in [2.45, 2.75) is 18.9 Å². The van der Waals surface area contributed by atoms with Crippen LogP contribution in [0, 0.1) is 5.82 Å². The van der Waals surface area contributed by atoms with Crippen LogP contribution in [0.4, 0.5) is 4.39 Å². The van der Waals surface area contributed by atoms with Crippen molar-refractivity contribution in [2.24, 2.45) is 5.73 Å². The Hall–Kier alpha value is -2.12. The number of hydrogen-bond acceptors (Lipinski definition) is 4. The van der Waals surface area contributed by atoms with Gasteiger partial charge in [-0.2, -0.15) is 0 Å². The number of benzene rings is 1. The minimum Gasteiger partial charge on any atom is -0.488 e. The second-order valence-corrected chi connectivity index (χ2v) is 5.73. The predicted octanol–water partition coefficient (Wildman–Crippen LogP) is 2.16. The molecule has 0 unspecified atom stereocenters. The highest BCUT2D eigenvalue weighted by Gasteiger charge is 2.29. The van der Waals surface area contributed by atoms with Gasteiger partial charge in [-0.25, -0.2) is 9.18 Å². The number of carboxylic acids is 1. The first-order valence-electron chi connectivity index (χ1n) is 7.08. The molecular weight excluding hydrogens is 327 g/mol. The molecule has 1 aliphatic carbocycles. The number of carbonyl (C=O) groups is 1. The van der Waals surface area contributed by atoms with E-state index < -0.39 is 22.8 Å². The summed E-state index contributed by atoms with van der Waals surface area (Å²) < 4.78 is 21.1. The molecule has 1 heterocycles. The van der Waals surface area contributed by atoms with Crippen LogP contribution in [0.3, 0.4) is 0 Å². The minimum atomic E-state index is -1.36. The summed E-state index contributed by atoms with van der Waals surface area (Å²) in [5.41, 5.74) is 4.46. The fourth-order valence-electron chi connectivity index (χ4n) is 2.51. The van der Waals surface area contributed by atoms with Crippen molar-refractivity contribution < 1.29 is 19.0 Å². The van der Waals surface area contributed by atoms with Gasteiger partial charge in [0.25, 0.3) is 0 Å². The van der Waals surface area contributed by atoms with E-state index in [1.165, 1.54) is 6.20 Å². The van der Waals surface area contributed by atoms with Crippen molar-refractivity contribution >= 4 is 28.5 Å². The Morgan fingerprint density at radius 2 is 2.22 bits per heavy atom. The zero-order valence-corrected chi connectivity index (χ0v) is 12.8. The first kappa shape index (κ1) is 15.8. The van der Waals surface area contributed by atoms with Crippen molar-refractivity contribution in [1.82, 2.24) is 4.57 Å². The summed E-state index contributed by atoms with van der Waals surface area (Å²) in [5.74, 6) is -2.36. The predicted molar refractivity (Wildman–Crippen MR) is 83.0 cm³/mol. The van der Waals surface area contributed by atoms with Gasteiger partial charge in [0.15, 0.2) is 11.6 Å². The molecule has 1 aromatic heterocycles. The minimum absolute atomic E-state index is 0.0431. The molecule has 0 spiro atoms. The van der Waals surface area contributed by atoms with Gasteiger partial charge < -0.3 is 20.1 Å². The van der Waals surface area contributed by atoms with Crippen LogP contribution in [0.2, 0.25) is 5.02 Å². The van der Waals surface area contributed by atoms with Crippen LogP contribution in [0.1, 0.15) is 29.2 Å². The molecule has 3 N–H and O–H groups in total. The number of halogens is 2. The van der Waals surface area contributed by atoms with Gasteiger partial charge in [0, 0.05) is 18.8 Å². The molecule has 0 amide bonds. The number of fused-ring (bicyclic) bond motifs is 1. The van der Waals surface area contributed by atoms with Gasteiger partial charge >= 0.3 is 5.97 Å². The van der Waals surface area contributed by atoms with Crippen LogP contribution in [0.25, 0.3) is 10.9 Å². The highest BCUT2D eigenvalue weighted by atomic mass is 35.5. The lowest BCUT2D eigenvalue weighted by Crippen LogP contribution is -2.19. The molecule has 2 aromatic rings. The standard InChI is InChI=1S/C15H14ClFN2O4/c16-11-12-8(5-10(17)14(11)23-4-3-18)13(20)9(15(21)22)6-19(12)7-1-2-7/h5-7H,1-4,18H2,(H,21,22). The van der Waals surface area contributed by atoms with E-state index in [2.05, 4.69) is 0 Å². The quantitative estimate of drug-likeness (QED) is 0.869. The van der Waals surface area contributed by atoms with Gasteiger partial charge in [-0.3, -0.25) is 4.79 Å². The SMILES string of the molecule is NCCOc1c(F)cc2c(=O)c(C(=O)O)cn(C3CC3)c2c1Cl. The summed E-state index contributed by atoms with van der Waals surface area (Å²) in [4.78, 5) is 23.6. The van der Waals surface area contributed by atoms with Gasteiger partial charge in [-0.1, -0.05) is 11.6 Å². The van der Waals surface area contributed by atoms with Crippen LogP contribution in [-0.4, -0.2) is 28.8 Å². The third-order valence-corrected chi connectivity index (χ3v) is 4.05. The van der Waals surface area contributed by atoms with Crippen LogP contribution in [-0.2, 0) is 0 Å². The van der Waals surface area contributed by atoms with Crippen molar-refractivity contribution in [3.63, 3.8) is 0 Å². The third kappa shape index (κ3) is 2.66. The second-order valence-electron chi connectivity index (χ2n) is 5.35. The van der Waals surface area contributed by atoms with E-state index >= 15 is 0 Å². The molecule has 0 saturated heterocycles. The Morgan fingerprint density at radius 1 is 1.52 bits per heavy atom. The molecule has 1 saturated carbocycles. The molecule has 0 aliphatic heterocycles. The van der Waals surface area contributed by atoms with Crippen LogP contribution in [0.5, 0.6) is 5.75 Å². The molecule has 0 bridgehead atoms. The molecule has 1 aromatic carbocycles. The van der Waals surface area contributed by atoms with Crippen molar-refractivity contribution in [3.05, 3.63) is 38.9 Å². The van der Waals surface area contributed by atoms with Crippen LogP contribution in [0.15, 0.2) is 17.1 Å². The lowest BCUT2D eigenvalue weighted by Gasteiger charge is -2.16. The smallest absolute Gasteiger partial charge is 0.341 e. The summed E-state index contributed by atoms with van der Waals surface area (Å²) in [6.45, 7) is 0.254. The van der Waals surface area contributed by atoms with E-state index in [-0.39, 0.29) is 40.9 Å². The zero-order chi connectivity index (χ0) is 16.7. The first-order chi connectivity index (χ1) is 11.0. The van der Waals surface area contributed by atoms with E-state index in [1.54, 1.807) is 4.57 Å². The maximum Gasteiger partial charge on any atom is 0.341 e. The molecular formula is C15H14ClFN2O4. The lowest BCUT2D eigenvalue weighted by atomic mass is 10.1. The molecule has 0 radical (unpaired) electrons. The summed E-state index contributed by atoms with van der Waals surface area (Å²) in [6, 6.07) is 1.02. The van der Waals surface area contributed by atoms with E-state index in [9.17, 15) is 19.1 Å². The average Bonchev–Trinajstić information content (AvgIpc) is 3.32. The molecule has 3 rings (SSSR count). The van der Waals surface area contributed by atoms with Gasteiger partial charge in [0.2, 0.25) is 5.43 Å². The summed E-state index contributed by atoms with van der Waals surface area (Å²) in [7, 11) is 0. The summed E-state index contributed by atoms with van der Waals surface area (Å²) in [6.07, 6.45) is 2.94. The fourth-order valence-corrected chi connectivity index (χ4v) is 2.85. The largest absolute Gasteiger partial charge is 0.488 e. The van der Waals surface area contributed by atoms with Gasteiger partial charge in [0.05, 0.1) is 10.9 Å². The summed E-state index contributed by atoms with van der Waals surface area (Å²) >= 11 is 6.25. The van der Waals surface area contributed by atoms with E-state index in [4.69, 9.17) is 22.1 Å².